The lowest BCUT2D eigenvalue weighted by molar-refractivity contribution is 0.0994. The van der Waals surface area contributed by atoms with E-state index in [2.05, 4.69) is 52.0 Å². The van der Waals surface area contributed by atoms with E-state index < -0.39 is 0 Å². The van der Waals surface area contributed by atoms with E-state index >= 15 is 0 Å². The van der Waals surface area contributed by atoms with Gasteiger partial charge in [-0.25, -0.2) is 4.99 Å². The average molecular weight is 494 g/mol. The minimum atomic E-state index is -0.266. The van der Waals surface area contributed by atoms with Crippen molar-refractivity contribution in [2.75, 3.05) is 0 Å². The molecular formula is C28H29Cl2N3O. The van der Waals surface area contributed by atoms with Crippen LogP contribution in [-0.2, 0) is 6.54 Å². The second kappa shape index (κ2) is 8.35. The highest BCUT2D eigenvalue weighted by atomic mass is 35.5. The number of nitrogens with zero attached hydrogens (tertiary/aromatic N) is 3. The Hall–Kier alpha value is -2.43. The monoisotopic (exact) mass is 493 g/mol. The summed E-state index contributed by atoms with van der Waals surface area (Å²) in [5.41, 5.74) is 5.37. The summed E-state index contributed by atoms with van der Waals surface area (Å²) in [5, 5.41) is 5.73. The summed E-state index contributed by atoms with van der Waals surface area (Å²) >= 11 is 12.3. The van der Waals surface area contributed by atoms with Crippen molar-refractivity contribution in [3.8, 4) is 11.3 Å². The number of amides is 1. The summed E-state index contributed by atoms with van der Waals surface area (Å²) in [6, 6.07) is 15.6. The van der Waals surface area contributed by atoms with Crippen LogP contribution >= 0.6 is 23.2 Å². The average Bonchev–Trinajstić information content (AvgIpc) is 3.44. The highest BCUT2D eigenvalue weighted by Crippen LogP contribution is 2.60. The third kappa shape index (κ3) is 4.01. The molecule has 2 saturated carbocycles. The van der Waals surface area contributed by atoms with Gasteiger partial charge in [0.05, 0.1) is 22.3 Å². The van der Waals surface area contributed by atoms with Crippen molar-refractivity contribution in [1.29, 1.82) is 0 Å². The second-order valence-corrected chi connectivity index (χ2v) is 11.5. The van der Waals surface area contributed by atoms with Gasteiger partial charge in [0.15, 0.2) is 5.69 Å². The van der Waals surface area contributed by atoms with Gasteiger partial charge < -0.3 is 0 Å². The number of carbonyl (C=O) groups excluding carboxylic acids is 1. The SMILES string of the molecule is Cc1ccc(-c2cc(C(=O)/N=C3/C(C)(C)C4CC[C@]3(C)C4)nn2Cc2ccc(Cl)c(Cl)c2)cc1. The smallest absolute Gasteiger partial charge is 0.265 e. The normalized spacial score (nSPS) is 24.2. The fourth-order valence-electron chi connectivity index (χ4n) is 5.89. The number of carbonyl (C=O) groups is 1. The lowest BCUT2D eigenvalue weighted by Crippen LogP contribution is -2.36. The lowest BCUT2D eigenvalue weighted by Gasteiger charge is -2.35. The molecule has 3 aromatic rings. The van der Waals surface area contributed by atoms with Gasteiger partial charge in [-0.2, -0.15) is 5.10 Å². The number of aryl methyl sites for hydroxylation is 1. The zero-order valence-corrected chi connectivity index (χ0v) is 21.5. The molecule has 2 fully saturated rings. The van der Waals surface area contributed by atoms with Crippen LogP contribution in [0.3, 0.4) is 0 Å². The Labute approximate surface area is 211 Å². The van der Waals surface area contributed by atoms with Crippen molar-refractivity contribution in [3.63, 3.8) is 0 Å². The van der Waals surface area contributed by atoms with E-state index in [0.29, 0.717) is 28.2 Å². The maximum Gasteiger partial charge on any atom is 0.297 e. The van der Waals surface area contributed by atoms with Crippen LogP contribution in [0.4, 0.5) is 0 Å². The quantitative estimate of drug-likeness (QED) is 0.374. The molecule has 34 heavy (non-hydrogen) atoms. The Morgan fingerprint density at radius 1 is 1.09 bits per heavy atom. The van der Waals surface area contributed by atoms with Crippen molar-refractivity contribution in [2.24, 2.45) is 21.7 Å². The number of hydrogen-bond acceptors (Lipinski definition) is 2. The van der Waals surface area contributed by atoms with Crippen molar-refractivity contribution >= 4 is 34.8 Å². The summed E-state index contributed by atoms with van der Waals surface area (Å²) < 4.78 is 1.85. The van der Waals surface area contributed by atoms with Crippen LogP contribution < -0.4 is 0 Å². The zero-order chi connectivity index (χ0) is 24.3. The van der Waals surface area contributed by atoms with E-state index in [4.69, 9.17) is 33.3 Å². The molecule has 0 radical (unpaired) electrons. The van der Waals surface area contributed by atoms with Gasteiger partial charge in [-0.3, -0.25) is 9.48 Å². The van der Waals surface area contributed by atoms with Crippen molar-refractivity contribution < 1.29 is 4.79 Å². The first-order valence-corrected chi connectivity index (χ1v) is 12.6. The summed E-state index contributed by atoms with van der Waals surface area (Å²) in [6.07, 6.45) is 3.44. The zero-order valence-electron chi connectivity index (χ0n) is 20.0. The van der Waals surface area contributed by atoms with Crippen LogP contribution in [0, 0.1) is 23.7 Å². The van der Waals surface area contributed by atoms with Crippen LogP contribution in [0.15, 0.2) is 53.5 Å². The molecule has 0 spiro atoms. The van der Waals surface area contributed by atoms with Crippen LogP contribution in [-0.4, -0.2) is 21.4 Å². The minimum absolute atomic E-state index is 0.0201. The van der Waals surface area contributed by atoms with Gasteiger partial charge in [-0.15, -0.1) is 0 Å². The summed E-state index contributed by atoms with van der Waals surface area (Å²) in [7, 11) is 0. The van der Waals surface area contributed by atoms with Crippen LogP contribution in [0.2, 0.25) is 10.0 Å². The van der Waals surface area contributed by atoms with Crippen LogP contribution in [0.1, 0.15) is 61.6 Å². The lowest BCUT2D eigenvalue weighted by atomic mass is 9.71. The number of hydrogen-bond donors (Lipinski definition) is 0. The Morgan fingerprint density at radius 3 is 2.47 bits per heavy atom. The van der Waals surface area contributed by atoms with Crippen LogP contribution in [0.5, 0.6) is 0 Å². The van der Waals surface area contributed by atoms with Gasteiger partial charge in [0, 0.05) is 16.5 Å². The molecule has 2 aromatic carbocycles. The summed E-state index contributed by atoms with van der Waals surface area (Å²) in [6.45, 7) is 9.24. The maximum absolute atomic E-state index is 13.4. The summed E-state index contributed by atoms with van der Waals surface area (Å²) in [4.78, 5) is 18.1. The number of aromatic nitrogens is 2. The van der Waals surface area contributed by atoms with Crippen molar-refractivity contribution in [3.05, 3.63) is 75.4 Å². The topological polar surface area (TPSA) is 47.2 Å². The molecule has 1 unspecified atom stereocenters. The number of benzene rings is 2. The third-order valence-corrected chi connectivity index (χ3v) is 8.56. The molecule has 2 bridgehead atoms. The fourth-order valence-corrected chi connectivity index (χ4v) is 6.21. The molecule has 1 aromatic heterocycles. The van der Waals surface area contributed by atoms with Crippen LogP contribution in [0.25, 0.3) is 11.3 Å². The van der Waals surface area contributed by atoms with Gasteiger partial charge in [0.2, 0.25) is 0 Å². The minimum Gasteiger partial charge on any atom is -0.265 e. The molecule has 1 amide bonds. The summed E-state index contributed by atoms with van der Waals surface area (Å²) in [5.74, 6) is 0.331. The number of rotatable bonds is 4. The standard InChI is InChI=1S/C28H29Cl2N3O/c1-17-5-8-19(9-6-17)24-14-23(32-33(24)16-18-7-10-21(29)22(30)13-18)25(34)31-26-27(2,3)20-11-12-28(26,4)15-20/h5-10,13-14,20H,11-12,15-16H2,1-4H3/b31-26-/t20?,28-/m1/s1. The molecule has 4 nitrogen and oxygen atoms in total. The molecule has 2 aliphatic rings. The number of aliphatic imine (C=N–C) groups is 1. The van der Waals surface area contributed by atoms with Crippen molar-refractivity contribution in [2.45, 2.75) is 53.5 Å². The Bertz CT molecular complexity index is 1300. The van der Waals surface area contributed by atoms with Crippen molar-refractivity contribution in [1.82, 2.24) is 9.78 Å². The molecule has 0 aliphatic heterocycles. The predicted octanol–water partition coefficient (Wildman–Crippen LogP) is 7.64. The van der Waals surface area contributed by atoms with E-state index in [1.807, 2.05) is 22.9 Å². The van der Waals surface area contributed by atoms with Gasteiger partial charge in [-0.05, 0) is 61.4 Å². The van der Waals surface area contributed by atoms with Gasteiger partial charge in [-0.1, -0.05) is 79.9 Å². The highest BCUT2D eigenvalue weighted by Gasteiger charge is 2.57. The molecule has 176 valence electrons. The molecule has 1 heterocycles. The fraction of sp³-hybridized carbons (Fsp3) is 0.393. The highest BCUT2D eigenvalue weighted by molar-refractivity contribution is 6.42. The Kier molecular flexibility index (Phi) is 5.73. The molecule has 6 heteroatoms. The van der Waals surface area contributed by atoms with E-state index in [9.17, 15) is 4.79 Å². The largest absolute Gasteiger partial charge is 0.297 e. The maximum atomic E-state index is 13.4. The van der Waals surface area contributed by atoms with E-state index in [1.165, 1.54) is 12.0 Å². The first-order valence-electron chi connectivity index (χ1n) is 11.8. The van der Waals surface area contributed by atoms with E-state index in [0.717, 1.165) is 35.4 Å². The first-order chi connectivity index (χ1) is 16.1. The van der Waals surface area contributed by atoms with Gasteiger partial charge in [0.1, 0.15) is 0 Å². The third-order valence-electron chi connectivity index (χ3n) is 7.82. The Morgan fingerprint density at radius 2 is 1.82 bits per heavy atom. The van der Waals surface area contributed by atoms with Gasteiger partial charge in [0.25, 0.3) is 5.91 Å². The Balaban J connectivity index is 1.54. The molecular weight excluding hydrogens is 465 g/mol. The second-order valence-electron chi connectivity index (χ2n) is 10.7. The molecule has 2 atom stereocenters. The molecule has 0 saturated heterocycles. The van der Waals surface area contributed by atoms with Gasteiger partial charge >= 0.3 is 0 Å². The molecule has 5 rings (SSSR count). The molecule has 0 N–H and O–H groups in total. The van der Waals surface area contributed by atoms with E-state index in [1.54, 1.807) is 6.07 Å². The predicted molar refractivity (Wildman–Crippen MR) is 139 cm³/mol. The van der Waals surface area contributed by atoms with E-state index in [-0.39, 0.29) is 16.7 Å². The molecule has 2 aliphatic carbocycles. The number of halogens is 2. The number of fused-ring (bicyclic) bond motifs is 2. The first kappa shape index (κ1) is 23.3.